The molecular formula is C17H15BrN2O2. The summed E-state index contributed by atoms with van der Waals surface area (Å²) in [5.41, 5.74) is 2.59. The third kappa shape index (κ3) is 3.31. The van der Waals surface area contributed by atoms with Gasteiger partial charge in [-0.05, 0) is 13.0 Å². The topological polar surface area (TPSA) is 47.0 Å². The molecule has 0 saturated carbocycles. The van der Waals surface area contributed by atoms with Gasteiger partial charge in [-0.2, -0.15) is 0 Å². The molecule has 0 N–H and O–H groups in total. The van der Waals surface area contributed by atoms with E-state index in [9.17, 15) is 10.1 Å². The predicted octanol–water partition coefficient (Wildman–Crippen LogP) is 0.396. The van der Waals surface area contributed by atoms with Gasteiger partial charge in [0.05, 0.1) is 15.7 Å². The standard InChI is InChI=1S/C17H15N2O2.BrH/c1-13-5-7-14(8-6-13)11-18-10-9-16-15(12-18)3-2-4-17(16)19(20)21;/h2-10,12H,11H2,1H3;1H/q+1;/p-1. The number of pyridine rings is 1. The first-order valence-corrected chi connectivity index (χ1v) is 6.75. The third-order valence-electron chi connectivity index (χ3n) is 3.54. The van der Waals surface area contributed by atoms with Crippen molar-refractivity contribution in [2.75, 3.05) is 0 Å². The molecule has 1 aromatic heterocycles. The smallest absolute Gasteiger partial charge is 0.277 e. The second-order valence-corrected chi connectivity index (χ2v) is 5.14. The Morgan fingerprint density at radius 2 is 1.82 bits per heavy atom. The Hall–Kier alpha value is -2.27. The lowest BCUT2D eigenvalue weighted by Gasteiger charge is -2.01. The highest BCUT2D eigenvalue weighted by molar-refractivity contribution is 5.89. The lowest BCUT2D eigenvalue weighted by atomic mass is 10.1. The van der Waals surface area contributed by atoms with Gasteiger partial charge in [0.25, 0.3) is 5.69 Å². The number of hydrogen-bond acceptors (Lipinski definition) is 2. The van der Waals surface area contributed by atoms with Crippen molar-refractivity contribution in [1.82, 2.24) is 0 Å². The lowest BCUT2D eigenvalue weighted by molar-refractivity contribution is -0.687. The van der Waals surface area contributed by atoms with Crippen LogP contribution in [-0.4, -0.2) is 4.92 Å². The number of fused-ring (bicyclic) bond motifs is 1. The fraction of sp³-hybridized carbons (Fsp3) is 0.118. The Balaban J connectivity index is 0.00000176. The number of aryl methyl sites for hydroxylation is 1. The van der Waals surface area contributed by atoms with E-state index in [0.29, 0.717) is 5.39 Å². The van der Waals surface area contributed by atoms with Gasteiger partial charge in [-0.1, -0.05) is 35.9 Å². The van der Waals surface area contributed by atoms with Gasteiger partial charge in [-0.25, -0.2) is 4.57 Å². The molecule has 5 heteroatoms. The molecule has 0 spiro atoms. The van der Waals surface area contributed by atoms with Crippen LogP contribution in [-0.2, 0) is 6.54 Å². The van der Waals surface area contributed by atoms with Crippen molar-refractivity contribution in [2.24, 2.45) is 0 Å². The van der Waals surface area contributed by atoms with Crippen molar-refractivity contribution in [2.45, 2.75) is 13.5 Å². The summed E-state index contributed by atoms with van der Waals surface area (Å²) < 4.78 is 2.04. The van der Waals surface area contributed by atoms with Crippen molar-refractivity contribution < 1.29 is 26.5 Å². The normalized spacial score (nSPS) is 10.2. The van der Waals surface area contributed by atoms with Crippen LogP contribution in [0.4, 0.5) is 5.69 Å². The summed E-state index contributed by atoms with van der Waals surface area (Å²) >= 11 is 0. The van der Waals surface area contributed by atoms with Crippen molar-refractivity contribution in [1.29, 1.82) is 0 Å². The van der Waals surface area contributed by atoms with Crippen LogP contribution in [0.1, 0.15) is 11.1 Å². The number of aromatic nitrogens is 1. The summed E-state index contributed by atoms with van der Waals surface area (Å²) in [6.07, 6.45) is 3.83. The molecule has 0 bridgehead atoms. The Morgan fingerprint density at radius 1 is 1.09 bits per heavy atom. The van der Waals surface area contributed by atoms with Crippen LogP contribution in [0, 0.1) is 17.0 Å². The van der Waals surface area contributed by atoms with Crippen LogP contribution in [0.25, 0.3) is 10.8 Å². The van der Waals surface area contributed by atoms with Gasteiger partial charge >= 0.3 is 0 Å². The van der Waals surface area contributed by atoms with Gasteiger partial charge in [-0.15, -0.1) is 0 Å². The first-order chi connectivity index (χ1) is 10.1. The first kappa shape index (κ1) is 16.1. The maximum Gasteiger partial charge on any atom is 0.277 e. The number of nitrogens with zero attached hydrogens (tertiary/aromatic N) is 2. The third-order valence-corrected chi connectivity index (χ3v) is 3.54. The molecule has 0 fully saturated rings. The maximum atomic E-state index is 11.0. The van der Waals surface area contributed by atoms with E-state index in [1.807, 2.05) is 29.1 Å². The fourth-order valence-corrected chi connectivity index (χ4v) is 2.42. The number of benzene rings is 2. The summed E-state index contributed by atoms with van der Waals surface area (Å²) in [7, 11) is 0. The van der Waals surface area contributed by atoms with Crippen LogP contribution in [0.3, 0.4) is 0 Å². The van der Waals surface area contributed by atoms with Gasteiger partial charge in [0.2, 0.25) is 0 Å². The van der Waals surface area contributed by atoms with Gasteiger partial charge in [0, 0.05) is 17.7 Å². The SMILES string of the molecule is Cc1ccc(C[n+]2ccc3c([N+](=O)[O-])cccc3c2)cc1.[Br-]. The Labute approximate surface area is 138 Å². The first-order valence-electron chi connectivity index (χ1n) is 6.75. The molecule has 0 radical (unpaired) electrons. The van der Waals surface area contributed by atoms with Gasteiger partial charge in [0.1, 0.15) is 0 Å². The largest absolute Gasteiger partial charge is 1.00 e. The van der Waals surface area contributed by atoms with Crippen molar-refractivity contribution in [3.05, 3.63) is 82.2 Å². The highest BCUT2D eigenvalue weighted by Crippen LogP contribution is 2.23. The van der Waals surface area contributed by atoms with E-state index in [1.165, 1.54) is 17.2 Å². The molecule has 0 amide bonds. The molecular weight excluding hydrogens is 344 g/mol. The highest BCUT2D eigenvalue weighted by Gasteiger charge is 2.13. The number of hydrogen-bond donors (Lipinski definition) is 0. The quantitative estimate of drug-likeness (QED) is 0.386. The predicted molar refractivity (Wildman–Crippen MR) is 81.1 cm³/mol. The fourth-order valence-electron chi connectivity index (χ4n) is 2.42. The van der Waals surface area contributed by atoms with E-state index >= 15 is 0 Å². The van der Waals surface area contributed by atoms with Crippen molar-refractivity contribution >= 4 is 16.5 Å². The van der Waals surface area contributed by atoms with Gasteiger partial charge < -0.3 is 17.0 Å². The van der Waals surface area contributed by atoms with Gasteiger partial charge in [0.15, 0.2) is 18.9 Å². The Kier molecular flexibility index (Phi) is 4.88. The average molecular weight is 359 g/mol. The van der Waals surface area contributed by atoms with E-state index in [-0.39, 0.29) is 27.6 Å². The second kappa shape index (κ2) is 6.66. The van der Waals surface area contributed by atoms with Crippen molar-refractivity contribution in [3.8, 4) is 0 Å². The number of nitro benzene ring substituents is 1. The minimum absolute atomic E-state index is 0. The van der Waals surface area contributed by atoms with E-state index < -0.39 is 0 Å². The molecule has 2 aromatic carbocycles. The summed E-state index contributed by atoms with van der Waals surface area (Å²) in [6.45, 7) is 2.81. The Bertz CT molecular complexity index is 817. The van der Waals surface area contributed by atoms with E-state index in [2.05, 4.69) is 31.2 Å². The van der Waals surface area contributed by atoms with E-state index in [0.717, 1.165) is 11.9 Å². The maximum absolute atomic E-state index is 11.0. The van der Waals surface area contributed by atoms with Crippen LogP contribution in [0.5, 0.6) is 0 Å². The number of non-ortho nitro benzene ring substituents is 1. The summed E-state index contributed by atoms with van der Waals surface area (Å²) in [6, 6.07) is 15.3. The second-order valence-electron chi connectivity index (χ2n) is 5.14. The molecule has 22 heavy (non-hydrogen) atoms. The zero-order valence-corrected chi connectivity index (χ0v) is 13.7. The lowest BCUT2D eigenvalue weighted by Crippen LogP contribution is -3.00. The molecule has 4 nitrogen and oxygen atoms in total. The molecule has 0 aliphatic carbocycles. The number of nitro groups is 1. The van der Waals surface area contributed by atoms with Gasteiger partial charge in [-0.3, -0.25) is 10.1 Å². The van der Waals surface area contributed by atoms with Crippen LogP contribution in [0.15, 0.2) is 60.9 Å². The average Bonchev–Trinajstić information content (AvgIpc) is 2.48. The molecule has 3 rings (SSSR count). The molecule has 3 aromatic rings. The summed E-state index contributed by atoms with van der Waals surface area (Å²) in [4.78, 5) is 10.7. The molecule has 0 aliphatic rings. The molecule has 1 heterocycles. The summed E-state index contributed by atoms with van der Waals surface area (Å²) in [5, 5.41) is 12.6. The van der Waals surface area contributed by atoms with Crippen LogP contribution >= 0.6 is 0 Å². The van der Waals surface area contributed by atoms with E-state index in [4.69, 9.17) is 0 Å². The zero-order chi connectivity index (χ0) is 14.8. The molecule has 0 aliphatic heterocycles. The van der Waals surface area contributed by atoms with E-state index in [1.54, 1.807) is 6.07 Å². The monoisotopic (exact) mass is 358 g/mol. The Morgan fingerprint density at radius 3 is 2.50 bits per heavy atom. The van der Waals surface area contributed by atoms with Crippen molar-refractivity contribution in [3.63, 3.8) is 0 Å². The highest BCUT2D eigenvalue weighted by atomic mass is 79.9. The van der Waals surface area contributed by atoms with Crippen LogP contribution < -0.4 is 21.5 Å². The molecule has 0 unspecified atom stereocenters. The summed E-state index contributed by atoms with van der Waals surface area (Å²) in [5.74, 6) is 0. The number of halogens is 1. The zero-order valence-electron chi connectivity index (χ0n) is 12.1. The number of rotatable bonds is 3. The molecule has 0 atom stereocenters. The molecule has 0 saturated heterocycles. The minimum atomic E-state index is -0.341. The van der Waals surface area contributed by atoms with Crippen LogP contribution in [0.2, 0.25) is 0 Å². The minimum Gasteiger partial charge on any atom is -1.00 e. The molecule has 112 valence electrons.